The van der Waals surface area contributed by atoms with Gasteiger partial charge in [-0.25, -0.2) is 9.59 Å². The molecule has 0 aliphatic carbocycles. The predicted molar refractivity (Wildman–Crippen MR) is 75.3 cm³/mol. The number of benzene rings is 1. The Balaban J connectivity index is 2.71. The second-order valence-corrected chi connectivity index (χ2v) is 4.21. The summed E-state index contributed by atoms with van der Waals surface area (Å²) in [5, 5.41) is 15.2. The van der Waals surface area contributed by atoms with Gasteiger partial charge in [0, 0.05) is 12.1 Å². The van der Waals surface area contributed by atoms with Gasteiger partial charge in [0.15, 0.2) is 6.61 Å². The minimum Gasteiger partial charge on any atom is -0.452 e. The standard InChI is InChI=1S/C13H15N3O6/c1-3-14-13(19)15-10(17)7-22-12(18)9-6-4-5-8(2)11(9)16(20)21/h4-6H,3,7H2,1-2H3,(H2,14,15,17,19). The Hall–Kier alpha value is -2.97. The van der Waals surface area contributed by atoms with E-state index in [1.165, 1.54) is 25.1 Å². The van der Waals surface area contributed by atoms with Crippen molar-refractivity contribution in [3.63, 3.8) is 0 Å². The fraction of sp³-hybridized carbons (Fsp3) is 0.308. The Morgan fingerprint density at radius 3 is 2.59 bits per heavy atom. The molecular formula is C13H15N3O6. The van der Waals surface area contributed by atoms with Crippen molar-refractivity contribution in [2.45, 2.75) is 13.8 Å². The summed E-state index contributed by atoms with van der Waals surface area (Å²) < 4.78 is 4.68. The van der Waals surface area contributed by atoms with Crippen LogP contribution in [-0.4, -0.2) is 36.0 Å². The molecule has 0 spiro atoms. The summed E-state index contributed by atoms with van der Waals surface area (Å²) in [6.45, 7) is 2.76. The third-order valence-electron chi connectivity index (χ3n) is 2.56. The van der Waals surface area contributed by atoms with Crippen LogP contribution in [0.25, 0.3) is 0 Å². The lowest BCUT2D eigenvalue weighted by atomic mass is 10.1. The van der Waals surface area contributed by atoms with E-state index in [1.807, 2.05) is 5.32 Å². The number of imide groups is 1. The summed E-state index contributed by atoms with van der Waals surface area (Å²) in [6.07, 6.45) is 0. The number of rotatable bonds is 5. The molecule has 22 heavy (non-hydrogen) atoms. The third-order valence-corrected chi connectivity index (χ3v) is 2.56. The maximum atomic E-state index is 11.8. The van der Waals surface area contributed by atoms with Gasteiger partial charge in [-0.2, -0.15) is 0 Å². The van der Waals surface area contributed by atoms with E-state index in [4.69, 9.17) is 0 Å². The highest BCUT2D eigenvalue weighted by Crippen LogP contribution is 2.23. The van der Waals surface area contributed by atoms with E-state index in [1.54, 1.807) is 6.92 Å². The number of para-hydroxylation sites is 1. The molecule has 0 saturated carbocycles. The quantitative estimate of drug-likeness (QED) is 0.472. The average molecular weight is 309 g/mol. The van der Waals surface area contributed by atoms with Crippen molar-refractivity contribution in [1.82, 2.24) is 10.6 Å². The van der Waals surface area contributed by atoms with Gasteiger partial charge in [-0.3, -0.25) is 20.2 Å². The largest absolute Gasteiger partial charge is 0.452 e. The topological polar surface area (TPSA) is 128 Å². The maximum absolute atomic E-state index is 11.8. The van der Waals surface area contributed by atoms with Gasteiger partial charge in [-0.15, -0.1) is 0 Å². The zero-order valence-corrected chi connectivity index (χ0v) is 12.0. The van der Waals surface area contributed by atoms with E-state index in [-0.39, 0.29) is 11.3 Å². The number of nitro groups is 1. The van der Waals surface area contributed by atoms with Gasteiger partial charge in [0.1, 0.15) is 5.56 Å². The molecule has 0 bridgehead atoms. The molecule has 1 aromatic rings. The number of nitrogens with zero attached hydrogens (tertiary/aromatic N) is 1. The first-order valence-electron chi connectivity index (χ1n) is 6.35. The Morgan fingerprint density at radius 2 is 2.00 bits per heavy atom. The van der Waals surface area contributed by atoms with E-state index in [0.29, 0.717) is 12.1 Å². The summed E-state index contributed by atoms with van der Waals surface area (Å²) in [5.41, 5.74) is -0.335. The molecule has 0 heterocycles. The lowest BCUT2D eigenvalue weighted by Crippen LogP contribution is -2.41. The van der Waals surface area contributed by atoms with E-state index >= 15 is 0 Å². The lowest BCUT2D eigenvalue weighted by molar-refractivity contribution is -0.385. The van der Waals surface area contributed by atoms with Crippen LogP contribution < -0.4 is 10.6 Å². The van der Waals surface area contributed by atoms with Crippen molar-refractivity contribution in [3.8, 4) is 0 Å². The number of ether oxygens (including phenoxy) is 1. The van der Waals surface area contributed by atoms with E-state index in [0.717, 1.165) is 0 Å². The number of aryl methyl sites for hydroxylation is 1. The number of hydrogen-bond donors (Lipinski definition) is 2. The van der Waals surface area contributed by atoms with Crippen LogP contribution in [0.1, 0.15) is 22.8 Å². The predicted octanol–water partition coefficient (Wildman–Crippen LogP) is 0.906. The first-order valence-corrected chi connectivity index (χ1v) is 6.35. The van der Waals surface area contributed by atoms with Crippen molar-refractivity contribution in [2.75, 3.05) is 13.2 Å². The maximum Gasteiger partial charge on any atom is 0.345 e. The molecule has 0 saturated heterocycles. The van der Waals surface area contributed by atoms with Crippen molar-refractivity contribution in [3.05, 3.63) is 39.4 Å². The van der Waals surface area contributed by atoms with Gasteiger partial charge in [-0.05, 0) is 19.9 Å². The second-order valence-electron chi connectivity index (χ2n) is 4.21. The highest BCUT2D eigenvalue weighted by Gasteiger charge is 2.24. The minimum atomic E-state index is -1.01. The van der Waals surface area contributed by atoms with Crippen LogP contribution in [0, 0.1) is 17.0 Å². The van der Waals surface area contributed by atoms with Gasteiger partial charge < -0.3 is 10.1 Å². The summed E-state index contributed by atoms with van der Waals surface area (Å²) in [4.78, 5) is 44.6. The zero-order chi connectivity index (χ0) is 16.7. The molecule has 0 atom stereocenters. The van der Waals surface area contributed by atoms with Crippen LogP contribution in [0.5, 0.6) is 0 Å². The fourth-order valence-corrected chi connectivity index (χ4v) is 1.64. The molecule has 9 nitrogen and oxygen atoms in total. The number of nitro benzene ring substituents is 1. The molecule has 3 amide bonds. The molecular weight excluding hydrogens is 294 g/mol. The average Bonchev–Trinajstić information content (AvgIpc) is 2.44. The summed E-state index contributed by atoms with van der Waals surface area (Å²) >= 11 is 0. The lowest BCUT2D eigenvalue weighted by Gasteiger charge is -2.07. The number of amides is 3. The fourth-order valence-electron chi connectivity index (χ4n) is 1.64. The Bertz CT molecular complexity index is 614. The SMILES string of the molecule is CCNC(=O)NC(=O)COC(=O)c1cccc(C)c1[N+](=O)[O-]. The van der Waals surface area contributed by atoms with Crippen LogP contribution in [0.4, 0.5) is 10.5 Å². The molecule has 0 aliphatic heterocycles. The molecule has 118 valence electrons. The number of carbonyl (C=O) groups is 3. The Morgan fingerprint density at radius 1 is 1.32 bits per heavy atom. The van der Waals surface area contributed by atoms with Gasteiger partial charge >= 0.3 is 12.0 Å². The first-order chi connectivity index (χ1) is 10.4. The van der Waals surface area contributed by atoms with Gasteiger partial charge in [0.25, 0.3) is 11.6 Å². The van der Waals surface area contributed by atoms with Crippen LogP contribution in [-0.2, 0) is 9.53 Å². The van der Waals surface area contributed by atoms with E-state index in [2.05, 4.69) is 10.1 Å². The van der Waals surface area contributed by atoms with Crippen LogP contribution in [0.15, 0.2) is 18.2 Å². The number of hydrogen-bond acceptors (Lipinski definition) is 6. The smallest absolute Gasteiger partial charge is 0.345 e. The Labute approximate surface area is 125 Å². The summed E-state index contributed by atoms with van der Waals surface area (Å²) in [6, 6.07) is 3.46. The van der Waals surface area contributed by atoms with Crippen molar-refractivity contribution < 1.29 is 24.0 Å². The first kappa shape index (κ1) is 17.1. The number of esters is 1. The molecule has 0 aliphatic rings. The molecule has 1 aromatic carbocycles. The molecule has 2 N–H and O–H groups in total. The summed E-state index contributed by atoms with van der Waals surface area (Å²) in [5.74, 6) is -1.85. The van der Waals surface area contributed by atoms with Crippen LogP contribution >= 0.6 is 0 Å². The molecule has 9 heteroatoms. The number of urea groups is 1. The molecule has 0 aromatic heterocycles. The van der Waals surface area contributed by atoms with Crippen LogP contribution in [0.3, 0.4) is 0 Å². The van der Waals surface area contributed by atoms with Crippen molar-refractivity contribution in [2.24, 2.45) is 0 Å². The van der Waals surface area contributed by atoms with E-state index < -0.39 is 29.4 Å². The summed E-state index contributed by atoms with van der Waals surface area (Å²) in [7, 11) is 0. The van der Waals surface area contributed by atoms with Gasteiger partial charge in [0.2, 0.25) is 0 Å². The number of nitrogens with one attached hydrogen (secondary N) is 2. The molecule has 0 unspecified atom stereocenters. The Kier molecular flexibility index (Phi) is 5.99. The third kappa shape index (κ3) is 4.54. The molecule has 1 rings (SSSR count). The zero-order valence-electron chi connectivity index (χ0n) is 12.0. The van der Waals surface area contributed by atoms with E-state index in [9.17, 15) is 24.5 Å². The highest BCUT2D eigenvalue weighted by molar-refractivity contribution is 5.98. The minimum absolute atomic E-state index is 0.254. The van der Waals surface area contributed by atoms with Gasteiger partial charge in [0.05, 0.1) is 4.92 Å². The number of carbonyl (C=O) groups excluding carboxylic acids is 3. The van der Waals surface area contributed by atoms with Gasteiger partial charge in [-0.1, -0.05) is 12.1 Å². The highest BCUT2D eigenvalue weighted by atomic mass is 16.6. The monoisotopic (exact) mass is 309 g/mol. The van der Waals surface area contributed by atoms with Crippen molar-refractivity contribution >= 4 is 23.6 Å². The van der Waals surface area contributed by atoms with Crippen molar-refractivity contribution in [1.29, 1.82) is 0 Å². The molecule has 0 radical (unpaired) electrons. The van der Waals surface area contributed by atoms with Crippen LogP contribution in [0.2, 0.25) is 0 Å². The molecule has 0 fully saturated rings. The normalized spacial score (nSPS) is 9.73. The second kappa shape index (κ2) is 7.72.